The largest absolute Gasteiger partial charge is 0.382 e. The SMILES string of the molecule is COCC1CN(C(=O)C(C)(N)c2ccccc2)CCO1. The van der Waals surface area contributed by atoms with Crippen molar-refractivity contribution in [3.05, 3.63) is 35.9 Å². The molecule has 1 saturated heterocycles. The number of amides is 1. The highest BCUT2D eigenvalue weighted by Gasteiger charge is 2.36. The molecule has 2 atom stereocenters. The molecular weight excluding hydrogens is 256 g/mol. The number of morpholine rings is 1. The number of ether oxygens (including phenoxy) is 2. The number of rotatable bonds is 4. The first-order valence-corrected chi connectivity index (χ1v) is 6.80. The molecule has 1 aliphatic heterocycles. The van der Waals surface area contributed by atoms with Crippen LogP contribution in [0.1, 0.15) is 12.5 Å². The summed E-state index contributed by atoms with van der Waals surface area (Å²) in [6.45, 7) is 3.84. The summed E-state index contributed by atoms with van der Waals surface area (Å²) in [4.78, 5) is 14.4. The van der Waals surface area contributed by atoms with Gasteiger partial charge in [0.1, 0.15) is 5.54 Å². The van der Waals surface area contributed by atoms with Crippen molar-refractivity contribution in [2.45, 2.75) is 18.6 Å². The molecule has 0 bridgehead atoms. The van der Waals surface area contributed by atoms with Gasteiger partial charge < -0.3 is 20.1 Å². The van der Waals surface area contributed by atoms with E-state index in [0.29, 0.717) is 26.3 Å². The van der Waals surface area contributed by atoms with E-state index >= 15 is 0 Å². The zero-order valence-electron chi connectivity index (χ0n) is 12.0. The lowest BCUT2D eigenvalue weighted by molar-refractivity contribution is -0.146. The summed E-state index contributed by atoms with van der Waals surface area (Å²) in [5.74, 6) is -0.0758. The van der Waals surface area contributed by atoms with Gasteiger partial charge in [-0.15, -0.1) is 0 Å². The first-order valence-electron chi connectivity index (χ1n) is 6.80. The zero-order valence-corrected chi connectivity index (χ0v) is 12.0. The lowest BCUT2D eigenvalue weighted by Crippen LogP contribution is -2.56. The lowest BCUT2D eigenvalue weighted by Gasteiger charge is -2.37. The van der Waals surface area contributed by atoms with E-state index in [4.69, 9.17) is 15.2 Å². The Kier molecular flexibility index (Phi) is 4.75. The molecule has 2 unspecified atom stereocenters. The number of benzene rings is 1. The third-order valence-corrected chi connectivity index (χ3v) is 3.60. The maximum absolute atomic E-state index is 12.7. The molecule has 0 radical (unpaired) electrons. The molecule has 0 saturated carbocycles. The van der Waals surface area contributed by atoms with Crippen LogP contribution in [0.25, 0.3) is 0 Å². The molecule has 1 aliphatic rings. The molecule has 20 heavy (non-hydrogen) atoms. The summed E-state index contributed by atoms with van der Waals surface area (Å²) in [6, 6.07) is 9.45. The first-order chi connectivity index (χ1) is 9.55. The number of nitrogens with zero attached hydrogens (tertiary/aromatic N) is 1. The van der Waals surface area contributed by atoms with Gasteiger partial charge in [0.05, 0.1) is 19.3 Å². The average molecular weight is 278 g/mol. The normalized spacial score (nSPS) is 22.4. The minimum Gasteiger partial charge on any atom is -0.382 e. The second-order valence-corrected chi connectivity index (χ2v) is 5.27. The van der Waals surface area contributed by atoms with Gasteiger partial charge in [-0.25, -0.2) is 0 Å². The molecule has 2 rings (SSSR count). The van der Waals surface area contributed by atoms with Crippen LogP contribution in [0.15, 0.2) is 30.3 Å². The van der Waals surface area contributed by atoms with Crippen molar-refractivity contribution < 1.29 is 14.3 Å². The Morgan fingerprint density at radius 3 is 2.85 bits per heavy atom. The molecule has 1 aromatic carbocycles. The number of carbonyl (C=O) groups is 1. The summed E-state index contributed by atoms with van der Waals surface area (Å²) in [7, 11) is 1.63. The van der Waals surface area contributed by atoms with E-state index in [9.17, 15) is 4.79 Å². The van der Waals surface area contributed by atoms with Gasteiger partial charge >= 0.3 is 0 Å². The van der Waals surface area contributed by atoms with Crippen molar-refractivity contribution in [1.29, 1.82) is 0 Å². The van der Waals surface area contributed by atoms with Gasteiger partial charge in [0.25, 0.3) is 0 Å². The Labute approximate surface area is 119 Å². The molecule has 1 amide bonds. The molecular formula is C15H22N2O3. The highest BCUT2D eigenvalue weighted by Crippen LogP contribution is 2.21. The Bertz CT molecular complexity index is 446. The molecule has 1 aromatic rings. The molecule has 0 aromatic heterocycles. The fourth-order valence-electron chi connectivity index (χ4n) is 2.43. The predicted molar refractivity (Wildman–Crippen MR) is 76.2 cm³/mol. The van der Waals surface area contributed by atoms with E-state index in [1.54, 1.807) is 18.9 Å². The van der Waals surface area contributed by atoms with Gasteiger partial charge in [0.15, 0.2) is 0 Å². The van der Waals surface area contributed by atoms with Gasteiger partial charge in [0.2, 0.25) is 5.91 Å². The number of nitrogens with two attached hydrogens (primary N) is 1. The van der Waals surface area contributed by atoms with E-state index in [-0.39, 0.29) is 12.0 Å². The molecule has 0 aliphatic carbocycles. The highest BCUT2D eigenvalue weighted by molar-refractivity contribution is 5.87. The van der Waals surface area contributed by atoms with Crippen LogP contribution < -0.4 is 5.73 Å². The third kappa shape index (κ3) is 3.17. The van der Waals surface area contributed by atoms with Crippen LogP contribution in [0.4, 0.5) is 0 Å². The van der Waals surface area contributed by atoms with Crippen molar-refractivity contribution in [3.8, 4) is 0 Å². The zero-order chi connectivity index (χ0) is 14.6. The quantitative estimate of drug-likeness (QED) is 0.882. The predicted octanol–water partition coefficient (Wildman–Crippen LogP) is 0.734. The van der Waals surface area contributed by atoms with E-state index in [0.717, 1.165) is 5.56 Å². The molecule has 2 N–H and O–H groups in total. The van der Waals surface area contributed by atoms with Crippen LogP contribution in [0, 0.1) is 0 Å². The van der Waals surface area contributed by atoms with Crippen molar-refractivity contribution >= 4 is 5.91 Å². The summed E-state index contributed by atoms with van der Waals surface area (Å²) in [5, 5.41) is 0. The van der Waals surface area contributed by atoms with E-state index in [1.807, 2.05) is 30.3 Å². The van der Waals surface area contributed by atoms with Crippen LogP contribution in [0.3, 0.4) is 0 Å². The van der Waals surface area contributed by atoms with Gasteiger partial charge in [-0.2, -0.15) is 0 Å². The number of hydrogen-bond donors (Lipinski definition) is 1. The Hall–Kier alpha value is -1.43. The summed E-state index contributed by atoms with van der Waals surface area (Å²) in [5.41, 5.74) is 6.07. The van der Waals surface area contributed by atoms with Crippen LogP contribution in [0.5, 0.6) is 0 Å². The second-order valence-electron chi connectivity index (χ2n) is 5.27. The van der Waals surface area contributed by atoms with Crippen LogP contribution in [-0.2, 0) is 19.8 Å². The number of carbonyl (C=O) groups excluding carboxylic acids is 1. The van der Waals surface area contributed by atoms with Crippen molar-refractivity contribution in [2.75, 3.05) is 33.4 Å². The molecule has 0 spiro atoms. The standard InChI is InChI=1S/C15H22N2O3/c1-15(16,12-6-4-3-5-7-12)14(18)17-8-9-20-13(10-17)11-19-2/h3-7,13H,8-11,16H2,1-2H3. The van der Waals surface area contributed by atoms with E-state index < -0.39 is 5.54 Å². The monoisotopic (exact) mass is 278 g/mol. The molecule has 1 heterocycles. The Morgan fingerprint density at radius 2 is 2.20 bits per heavy atom. The second kappa shape index (κ2) is 6.35. The minimum absolute atomic E-state index is 0.0758. The highest BCUT2D eigenvalue weighted by atomic mass is 16.5. The maximum atomic E-state index is 12.7. The van der Waals surface area contributed by atoms with E-state index in [2.05, 4.69) is 0 Å². The Morgan fingerprint density at radius 1 is 1.50 bits per heavy atom. The lowest BCUT2D eigenvalue weighted by atomic mass is 9.91. The summed E-state index contributed by atoms with van der Waals surface area (Å²) >= 11 is 0. The topological polar surface area (TPSA) is 64.8 Å². The number of hydrogen-bond acceptors (Lipinski definition) is 4. The first kappa shape index (κ1) is 15.0. The minimum atomic E-state index is -1.02. The van der Waals surface area contributed by atoms with Crippen LogP contribution >= 0.6 is 0 Å². The molecule has 5 heteroatoms. The molecule has 5 nitrogen and oxygen atoms in total. The van der Waals surface area contributed by atoms with Crippen LogP contribution in [-0.4, -0.2) is 50.3 Å². The molecule has 1 fully saturated rings. The van der Waals surface area contributed by atoms with Gasteiger partial charge in [0, 0.05) is 20.2 Å². The smallest absolute Gasteiger partial charge is 0.247 e. The van der Waals surface area contributed by atoms with Crippen molar-refractivity contribution in [3.63, 3.8) is 0 Å². The van der Waals surface area contributed by atoms with Gasteiger partial charge in [-0.3, -0.25) is 4.79 Å². The fraction of sp³-hybridized carbons (Fsp3) is 0.533. The summed E-state index contributed by atoms with van der Waals surface area (Å²) in [6.07, 6.45) is -0.0794. The van der Waals surface area contributed by atoms with Crippen molar-refractivity contribution in [2.24, 2.45) is 5.73 Å². The maximum Gasteiger partial charge on any atom is 0.247 e. The third-order valence-electron chi connectivity index (χ3n) is 3.60. The number of methoxy groups -OCH3 is 1. The van der Waals surface area contributed by atoms with Crippen LogP contribution in [0.2, 0.25) is 0 Å². The van der Waals surface area contributed by atoms with Gasteiger partial charge in [-0.1, -0.05) is 30.3 Å². The fourth-order valence-corrected chi connectivity index (χ4v) is 2.43. The Balaban J connectivity index is 2.10. The van der Waals surface area contributed by atoms with Gasteiger partial charge in [-0.05, 0) is 12.5 Å². The molecule has 110 valence electrons. The van der Waals surface area contributed by atoms with Crippen molar-refractivity contribution in [1.82, 2.24) is 4.90 Å². The average Bonchev–Trinajstić information content (AvgIpc) is 2.48. The summed E-state index contributed by atoms with van der Waals surface area (Å²) < 4.78 is 10.6. The van der Waals surface area contributed by atoms with E-state index in [1.165, 1.54) is 0 Å².